The molecule has 0 aliphatic rings. The Kier molecular flexibility index (Phi) is 2.81. The number of amides is 1. The number of rotatable bonds is 1. The average Bonchev–Trinajstić information content (AvgIpc) is 2.15. The maximum Gasteiger partial charge on any atom is 0.312 e. The fourth-order valence-electron chi connectivity index (χ4n) is 0.883. The van der Waals surface area contributed by atoms with Crippen LogP contribution in [0.25, 0.3) is 0 Å². The van der Waals surface area contributed by atoms with E-state index in [1.165, 1.54) is 5.48 Å². The summed E-state index contributed by atoms with van der Waals surface area (Å²) in [5.41, 5.74) is 2.37. The molecule has 5 nitrogen and oxygen atoms in total. The quantitative estimate of drug-likeness (QED) is 0.515. The van der Waals surface area contributed by atoms with Crippen molar-refractivity contribution in [1.82, 2.24) is 15.4 Å². The van der Waals surface area contributed by atoms with Crippen molar-refractivity contribution in [2.24, 2.45) is 0 Å². The van der Waals surface area contributed by atoms with Gasteiger partial charge in [0.1, 0.15) is 0 Å². The summed E-state index contributed by atoms with van der Waals surface area (Å²) in [6.45, 7) is 6.08. The van der Waals surface area contributed by atoms with Crippen LogP contribution in [-0.4, -0.2) is 21.1 Å². The summed E-state index contributed by atoms with van der Waals surface area (Å²) in [5, 5.41) is 8.34. The Morgan fingerprint density at radius 1 is 1.36 bits per heavy atom. The molecule has 0 radical (unpaired) electrons. The summed E-state index contributed by atoms with van der Waals surface area (Å²) in [7, 11) is 0. The van der Waals surface area contributed by atoms with Crippen LogP contribution in [0.15, 0.2) is 12.4 Å². The monoisotopic (exact) mass is 195 g/mol. The van der Waals surface area contributed by atoms with E-state index in [0.717, 1.165) is 5.56 Å². The van der Waals surface area contributed by atoms with Crippen LogP contribution in [0.5, 0.6) is 0 Å². The Bertz CT molecular complexity index is 327. The summed E-state index contributed by atoms with van der Waals surface area (Å²) < 4.78 is 0. The lowest BCUT2D eigenvalue weighted by molar-refractivity contribution is 0.0694. The summed E-state index contributed by atoms with van der Waals surface area (Å²) in [5.74, 6) is -0.744. The highest BCUT2D eigenvalue weighted by molar-refractivity contribution is 5.89. The summed E-state index contributed by atoms with van der Waals surface area (Å²) in [6.07, 6.45) is 3.16. The van der Waals surface area contributed by atoms with Crippen LogP contribution in [0.2, 0.25) is 0 Å². The zero-order chi connectivity index (χ0) is 10.8. The first-order valence-corrected chi connectivity index (χ1v) is 4.22. The van der Waals surface area contributed by atoms with Gasteiger partial charge in [-0.15, -0.1) is 0 Å². The minimum Gasteiger partial charge on any atom is -0.288 e. The number of nitrogens with zero attached hydrogens (tertiary/aromatic N) is 2. The normalized spacial score (nSPS) is 11.1. The molecular formula is C9H13N3O2. The third-order valence-corrected chi connectivity index (χ3v) is 1.82. The molecule has 0 aliphatic carbocycles. The second-order valence-corrected chi connectivity index (χ2v) is 3.99. The van der Waals surface area contributed by atoms with Gasteiger partial charge in [-0.3, -0.25) is 10.0 Å². The molecule has 0 saturated heterocycles. The molecule has 0 aromatic carbocycles. The van der Waals surface area contributed by atoms with Crippen molar-refractivity contribution in [3.05, 3.63) is 23.8 Å². The first-order valence-electron chi connectivity index (χ1n) is 4.22. The largest absolute Gasteiger partial charge is 0.312 e. The molecule has 76 valence electrons. The molecule has 1 heterocycles. The van der Waals surface area contributed by atoms with E-state index in [-0.39, 0.29) is 11.2 Å². The lowest BCUT2D eigenvalue weighted by Gasteiger charge is -2.17. The maximum absolute atomic E-state index is 10.9. The van der Waals surface area contributed by atoms with Gasteiger partial charge in [0.25, 0.3) is 0 Å². The minimum absolute atomic E-state index is 0.0412. The van der Waals surface area contributed by atoms with E-state index in [1.54, 1.807) is 12.4 Å². The molecule has 2 N–H and O–H groups in total. The van der Waals surface area contributed by atoms with Gasteiger partial charge < -0.3 is 0 Å². The highest BCUT2D eigenvalue weighted by Crippen LogP contribution is 2.19. The second kappa shape index (κ2) is 3.71. The number of carbonyl (C=O) groups is 1. The Morgan fingerprint density at radius 2 is 1.86 bits per heavy atom. The van der Waals surface area contributed by atoms with Crippen LogP contribution in [-0.2, 0) is 5.41 Å². The predicted octanol–water partition coefficient (Wildman–Crippen LogP) is 0.893. The third kappa shape index (κ3) is 2.26. The van der Waals surface area contributed by atoms with Crippen LogP contribution in [0.1, 0.15) is 37.0 Å². The van der Waals surface area contributed by atoms with Gasteiger partial charge in [-0.1, -0.05) is 20.8 Å². The predicted molar refractivity (Wildman–Crippen MR) is 50.0 cm³/mol. The molecule has 0 unspecified atom stereocenters. The number of hydrogen-bond acceptors (Lipinski definition) is 4. The Balaban J connectivity index is 2.95. The molecule has 0 atom stereocenters. The molecule has 0 aliphatic heterocycles. The van der Waals surface area contributed by atoms with E-state index in [0.29, 0.717) is 0 Å². The number of nitrogens with one attached hydrogen (secondary N) is 1. The Hall–Kier alpha value is -1.49. The SMILES string of the molecule is CC(C)(C)c1cnc(C(=O)NO)nc1. The van der Waals surface area contributed by atoms with Gasteiger partial charge in [0, 0.05) is 12.4 Å². The number of hydrogen-bond donors (Lipinski definition) is 2. The van der Waals surface area contributed by atoms with Gasteiger partial charge in [-0.25, -0.2) is 15.4 Å². The molecule has 14 heavy (non-hydrogen) atoms. The van der Waals surface area contributed by atoms with Gasteiger partial charge in [0.2, 0.25) is 5.82 Å². The van der Waals surface area contributed by atoms with Crippen LogP contribution < -0.4 is 5.48 Å². The summed E-state index contributed by atoms with van der Waals surface area (Å²) in [6, 6.07) is 0. The fourth-order valence-corrected chi connectivity index (χ4v) is 0.883. The highest BCUT2D eigenvalue weighted by atomic mass is 16.5. The van der Waals surface area contributed by atoms with Crippen LogP contribution in [0, 0.1) is 0 Å². The molecule has 0 spiro atoms. The van der Waals surface area contributed by atoms with Crippen molar-refractivity contribution < 1.29 is 10.0 Å². The highest BCUT2D eigenvalue weighted by Gasteiger charge is 2.15. The second-order valence-electron chi connectivity index (χ2n) is 3.99. The number of aromatic nitrogens is 2. The van der Waals surface area contributed by atoms with Crippen molar-refractivity contribution in [2.75, 3.05) is 0 Å². The lowest BCUT2D eigenvalue weighted by atomic mass is 9.89. The number of carbonyl (C=O) groups excluding carboxylic acids is 1. The third-order valence-electron chi connectivity index (χ3n) is 1.82. The van der Waals surface area contributed by atoms with E-state index in [2.05, 4.69) is 9.97 Å². The van der Waals surface area contributed by atoms with E-state index in [9.17, 15) is 4.79 Å². The average molecular weight is 195 g/mol. The molecular weight excluding hydrogens is 182 g/mol. The van der Waals surface area contributed by atoms with Crippen molar-refractivity contribution in [3.63, 3.8) is 0 Å². The molecule has 1 amide bonds. The first kappa shape index (κ1) is 10.6. The fraction of sp³-hybridized carbons (Fsp3) is 0.444. The van der Waals surface area contributed by atoms with Crippen molar-refractivity contribution >= 4 is 5.91 Å². The number of hydroxylamine groups is 1. The summed E-state index contributed by atoms with van der Waals surface area (Å²) >= 11 is 0. The molecule has 1 aromatic rings. The topological polar surface area (TPSA) is 75.1 Å². The van der Waals surface area contributed by atoms with Gasteiger partial charge in [0.15, 0.2) is 0 Å². The zero-order valence-corrected chi connectivity index (χ0v) is 8.40. The molecule has 1 aromatic heterocycles. The molecule has 1 rings (SSSR count). The van der Waals surface area contributed by atoms with Crippen molar-refractivity contribution in [1.29, 1.82) is 0 Å². The van der Waals surface area contributed by atoms with Gasteiger partial charge in [-0.2, -0.15) is 0 Å². The maximum atomic E-state index is 10.9. The Labute approximate surface area is 82.2 Å². The van der Waals surface area contributed by atoms with Crippen molar-refractivity contribution in [2.45, 2.75) is 26.2 Å². The van der Waals surface area contributed by atoms with E-state index < -0.39 is 5.91 Å². The zero-order valence-electron chi connectivity index (χ0n) is 8.40. The molecule has 5 heteroatoms. The van der Waals surface area contributed by atoms with Crippen molar-refractivity contribution in [3.8, 4) is 0 Å². The van der Waals surface area contributed by atoms with Crippen LogP contribution in [0.4, 0.5) is 0 Å². The smallest absolute Gasteiger partial charge is 0.288 e. The van der Waals surface area contributed by atoms with E-state index >= 15 is 0 Å². The molecule has 0 saturated carbocycles. The van der Waals surface area contributed by atoms with Gasteiger partial charge in [0.05, 0.1) is 0 Å². The van der Waals surface area contributed by atoms with E-state index in [1.807, 2.05) is 20.8 Å². The molecule has 0 fully saturated rings. The van der Waals surface area contributed by atoms with Crippen LogP contribution in [0.3, 0.4) is 0 Å². The summed E-state index contributed by atoms with van der Waals surface area (Å²) in [4.78, 5) is 18.6. The lowest BCUT2D eigenvalue weighted by Crippen LogP contribution is -2.22. The van der Waals surface area contributed by atoms with Crippen LogP contribution >= 0.6 is 0 Å². The van der Waals surface area contributed by atoms with Gasteiger partial charge in [-0.05, 0) is 11.0 Å². The van der Waals surface area contributed by atoms with Gasteiger partial charge >= 0.3 is 5.91 Å². The minimum atomic E-state index is -0.703. The first-order chi connectivity index (χ1) is 6.45. The van der Waals surface area contributed by atoms with E-state index in [4.69, 9.17) is 5.21 Å². The standard InChI is InChI=1S/C9H13N3O2/c1-9(2,3)6-4-10-7(11-5-6)8(13)12-14/h4-5,14H,1-3H3,(H,12,13). The Morgan fingerprint density at radius 3 is 2.21 bits per heavy atom. The molecule has 0 bridgehead atoms.